The molecule has 0 saturated carbocycles. The van der Waals surface area contributed by atoms with E-state index in [1.54, 1.807) is 17.4 Å². The minimum Gasteiger partial charge on any atom is -0.310 e. The standard InChI is InChI=1S/C19H23N5O2/c1-2-24-18(26)21-17(25)19(24)7-10-22(11-8-19)13-15-3-5-16(6-4-15)23-12-9-20-14-23/h3-6,9,12,14H,2,7-8,10-11,13H2,1H3,(H,21,25,26). The SMILES string of the molecule is CCN1C(=O)NC(=O)C12CCN(Cc1ccc(-n3ccnc3)cc1)CC2. The summed E-state index contributed by atoms with van der Waals surface area (Å²) < 4.78 is 1.98. The fourth-order valence-corrected chi connectivity index (χ4v) is 4.07. The Morgan fingerprint density at radius 1 is 1.15 bits per heavy atom. The summed E-state index contributed by atoms with van der Waals surface area (Å²) in [4.78, 5) is 32.4. The zero-order chi connectivity index (χ0) is 18.1. The van der Waals surface area contributed by atoms with Gasteiger partial charge in [-0.2, -0.15) is 0 Å². The van der Waals surface area contributed by atoms with Gasteiger partial charge in [-0.3, -0.25) is 15.0 Å². The number of piperidine rings is 1. The Hall–Kier alpha value is -2.67. The Labute approximate surface area is 152 Å². The lowest BCUT2D eigenvalue weighted by Gasteiger charge is -2.41. The molecule has 7 heteroatoms. The molecule has 7 nitrogen and oxygen atoms in total. The van der Waals surface area contributed by atoms with E-state index in [0.29, 0.717) is 19.4 Å². The van der Waals surface area contributed by atoms with Crippen LogP contribution < -0.4 is 5.32 Å². The summed E-state index contributed by atoms with van der Waals surface area (Å²) in [5.41, 5.74) is 1.68. The number of likely N-dealkylation sites (tertiary alicyclic amines) is 1. The molecule has 0 aliphatic carbocycles. The van der Waals surface area contributed by atoms with Gasteiger partial charge in [0.25, 0.3) is 5.91 Å². The van der Waals surface area contributed by atoms with Crippen LogP contribution in [0.3, 0.4) is 0 Å². The van der Waals surface area contributed by atoms with Gasteiger partial charge in [0, 0.05) is 44.3 Å². The minimum atomic E-state index is -0.645. The topological polar surface area (TPSA) is 70.5 Å². The maximum Gasteiger partial charge on any atom is 0.325 e. The zero-order valence-corrected chi connectivity index (χ0v) is 14.9. The van der Waals surface area contributed by atoms with E-state index in [0.717, 1.165) is 25.3 Å². The first-order valence-electron chi connectivity index (χ1n) is 9.05. The predicted octanol–water partition coefficient (Wildman–Crippen LogP) is 1.78. The molecule has 2 aromatic rings. The minimum absolute atomic E-state index is 0.131. The van der Waals surface area contributed by atoms with Gasteiger partial charge in [-0.1, -0.05) is 12.1 Å². The lowest BCUT2D eigenvalue weighted by Crippen LogP contribution is -2.56. The summed E-state index contributed by atoms with van der Waals surface area (Å²) >= 11 is 0. The average Bonchev–Trinajstić information content (AvgIpc) is 3.25. The van der Waals surface area contributed by atoms with Crippen molar-refractivity contribution in [1.29, 1.82) is 0 Å². The first kappa shape index (κ1) is 16.8. The number of nitrogens with one attached hydrogen (secondary N) is 1. The molecule has 136 valence electrons. The van der Waals surface area contributed by atoms with Gasteiger partial charge in [0.05, 0.1) is 6.33 Å². The Balaban J connectivity index is 1.40. The van der Waals surface area contributed by atoms with Crippen molar-refractivity contribution in [2.24, 2.45) is 0 Å². The monoisotopic (exact) mass is 353 g/mol. The molecule has 2 aliphatic heterocycles. The molecule has 2 aliphatic rings. The van der Waals surface area contributed by atoms with Gasteiger partial charge in [-0.25, -0.2) is 9.78 Å². The lowest BCUT2D eigenvalue weighted by molar-refractivity contribution is -0.129. The molecule has 0 radical (unpaired) electrons. The van der Waals surface area contributed by atoms with Gasteiger partial charge in [-0.05, 0) is 37.5 Å². The van der Waals surface area contributed by atoms with Gasteiger partial charge < -0.3 is 9.47 Å². The third kappa shape index (κ3) is 2.78. The lowest BCUT2D eigenvalue weighted by atomic mass is 9.86. The third-order valence-corrected chi connectivity index (χ3v) is 5.55. The number of aromatic nitrogens is 2. The van der Waals surface area contributed by atoms with Gasteiger partial charge in [0.15, 0.2) is 0 Å². The van der Waals surface area contributed by atoms with Gasteiger partial charge in [0.2, 0.25) is 0 Å². The number of hydrogen-bond donors (Lipinski definition) is 1. The molecule has 2 saturated heterocycles. The molecule has 1 aromatic carbocycles. The summed E-state index contributed by atoms with van der Waals surface area (Å²) in [6.45, 7) is 4.95. The molecule has 0 unspecified atom stereocenters. The van der Waals surface area contributed by atoms with Gasteiger partial charge >= 0.3 is 6.03 Å². The van der Waals surface area contributed by atoms with E-state index in [1.165, 1.54) is 5.56 Å². The van der Waals surface area contributed by atoms with E-state index >= 15 is 0 Å². The number of carbonyl (C=O) groups excluding carboxylic acids is 2. The number of rotatable bonds is 4. The number of urea groups is 1. The number of hydrogen-bond acceptors (Lipinski definition) is 4. The van der Waals surface area contributed by atoms with Gasteiger partial charge in [0.1, 0.15) is 5.54 Å². The summed E-state index contributed by atoms with van der Waals surface area (Å²) in [6, 6.07) is 8.18. The fraction of sp³-hybridized carbons (Fsp3) is 0.421. The highest BCUT2D eigenvalue weighted by molar-refractivity contribution is 6.07. The number of carbonyl (C=O) groups is 2. The number of likely N-dealkylation sites (N-methyl/N-ethyl adjacent to an activating group) is 1. The maximum absolute atomic E-state index is 12.3. The average molecular weight is 353 g/mol. The molecule has 4 rings (SSSR count). The second kappa shape index (κ2) is 6.57. The molecule has 26 heavy (non-hydrogen) atoms. The summed E-state index contributed by atoms with van der Waals surface area (Å²) in [5.74, 6) is -0.131. The molecule has 3 heterocycles. The Morgan fingerprint density at radius 3 is 2.50 bits per heavy atom. The molecule has 1 aromatic heterocycles. The van der Waals surface area contributed by atoms with Crippen LogP contribution in [0, 0.1) is 0 Å². The summed E-state index contributed by atoms with van der Waals surface area (Å²) in [5, 5.41) is 2.48. The normalized spacial score (nSPS) is 20.0. The highest BCUT2D eigenvalue weighted by Gasteiger charge is 2.53. The van der Waals surface area contributed by atoms with E-state index < -0.39 is 5.54 Å². The summed E-state index contributed by atoms with van der Waals surface area (Å²) in [6.07, 6.45) is 6.84. The second-order valence-corrected chi connectivity index (χ2v) is 6.95. The third-order valence-electron chi connectivity index (χ3n) is 5.55. The van der Waals surface area contributed by atoms with Crippen LogP contribution in [0.25, 0.3) is 5.69 Å². The molecular weight excluding hydrogens is 330 g/mol. The van der Waals surface area contributed by atoms with Crippen LogP contribution in [0.5, 0.6) is 0 Å². The fourth-order valence-electron chi connectivity index (χ4n) is 4.07. The van der Waals surface area contributed by atoms with Crippen LogP contribution in [0.4, 0.5) is 4.79 Å². The van der Waals surface area contributed by atoms with Crippen LogP contribution in [0.2, 0.25) is 0 Å². The van der Waals surface area contributed by atoms with Gasteiger partial charge in [-0.15, -0.1) is 0 Å². The van der Waals surface area contributed by atoms with E-state index in [2.05, 4.69) is 39.5 Å². The van der Waals surface area contributed by atoms with Crippen LogP contribution >= 0.6 is 0 Å². The Kier molecular flexibility index (Phi) is 4.24. The Bertz CT molecular complexity index is 792. The van der Waals surface area contributed by atoms with E-state index in [1.807, 2.05) is 17.7 Å². The predicted molar refractivity (Wildman–Crippen MR) is 96.7 cm³/mol. The number of nitrogens with zero attached hydrogens (tertiary/aromatic N) is 4. The van der Waals surface area contributed by atoms with Crippen LogP contribution in [0.15, 0.2) is 43.0 Å². The molecule has 0 atom stereocenters. The first-order valence-corrected chi connectivity index (χ1v) is 9.05. The highest BCUT2D eigenvalue weighted by atomic mass is 16.2. The van der Waals surface area contributed by atoms with Crippen LogP contribution in [-0.4, -0.2) is 56.5 Å². The molecule has 2 fully saturated rings. The van der Waals surface area contributed by atoms with Crippen molar-refractivity contribution in [3.63, 3.8) is 0 Å². The number of imidazole rings is 1. The van der Waals surface area contributed by atoms with Crippen LogP contribution in [-0.2, 0) is 11.3 Å². The van der Waals surface area contributed by atoms with Crippen molar-refractivity contribution in [3.8, 4) is 5.69 Å². The van der Waals surface area contributed by atoms with Crippen molar-refractivity contribution in [1.82, 2.24) is 24.7 Å². The van der Waals surface area contributed by atoms with E-state index in [4.69, 9.17) is 0 Å². The molecule has 3 amide bonds. The number of benzene rings is 1. The quantitative estimate of drug-likeness (QED) is 0.851. The maximum atomic E-state index is 12.3. The molecular formula is C19H23N5O2. The van der Waals surface area contributed by atoms with Crippen molar-refractivity contribution in [2.45, 2.75) is 31.8 Å². The van der Waals surface area contributed by atoms with Crippen molar-refractivity contribution >= 4 is 11.9 Å². The molecule has 1 N–H and O–H groups in total. The molecule has 0 bridgehead atoms. The summed E-state index contributed by atoms with van der Waals surface area (Å²) in [7, 11) is 0. The van der Waals surface area contributed by atoms with Crippen molar-refractivity contribution < 1.29 is 9.59 Å². The van der Waals surface area contributed by atoms with E-state index in [-0.39, 0.29) is 11.9 Å². The smallest absolute Gasteiger partial charge is 0.310 e. The largest absolute Gasteiger partial charge is 0.325 e. The van der Waals surface area contributed by atoms with Crippen molar-refractivity contribution in [2.75, 3.05) is 19.6 Å². The zero-order valence-electron chi connectivity index (χ0n) is 14.9. The highest BCUT2D eigenvalue weighted by Crippen LogP contribution is 2.33. The van der Waals surface area contributed by atoms with E-state index in [9.17, 15) is 9.59 Å². The van der Waals surface area contributed by atoms with Crippen LogP contribution in [0.1, 0.15) is 25.3 Å². The second-order valence-electron chi connectivity index (χ2n) is 6.95. The van der Waals surface area contributed by atoms with Crippen molar-refractivity contribution in [3.05, 3.63) is 48.5 Å². The first-order chi connectivity index (χ1) is 12.6. The number of amides is 3. The Morgan fingerprint density at radius 2 is 1.88 bits per heavy atom. The number of imide groups is 1. The molecule has 1 spiro atoms.